The normalized spacial score (nSPS) is 12.9. The Morgan fingerprint density at radius 3 is 2.88 bits per heavy atom. The zero-order chi connectivity index (χ0) is 22.7. The van der Waals surface area contributed by atoms with Gasteiger partial charge in [-0.15, -0.1) is 28.1 Å². The Hall–Kier alpha value is -2.91. The lowest BCUT2D eigenvalue weighted by Crippen LogP contribution is -2.19. The molecule has 0 spiro atoms. The molecule has 166 valence electrons. The number of nitrogens with zero attached hydrogens (tertiary/aromatic N) is 3. The first-order valence-corrected chi connectivity index (χ1v) is 12.3. The first kappa shape index (κ1) is 22.3. The van der Waals surface area contributed by atoms with Crippen LogP contribution in [0.25, 0.3) is 11.4 Å². The summed E-state index contributed by atoms with van der Waals surface area (Å²) in [7, 11) is 0. The van der Waals surface area contributed by atoms with E-state index in [1.807, 2.05) is 29.7 Å². The fraction of sp³-hybridized carbons (Fsp3) is 0.304. The maximum atomic E-state index is 12.7. The van der Waals surface area contributed by atoms with Crippen molar-refractivity contribution in [1.82, 2.24) is 14.8 Å². The van der Waals surface area contributed by atoms with Crippen molar-refractivity contribution < 1.29 is 9.59 Å². The smallest absolute Gasteiger partial charge is 0.251 e. The van der Waals surface area contributed by atoms with Gasteiger partial charge in [0, 0.05) is 17.0 Å². The average molecular weight is 468 g/mol. The molecular formula is C23H25N5O2S2. The first-order valence-electron chi connectivity index (χ1n) is 10.5. The highest BCUT2D eigenvalue weighted by Crippen LogP contribution is 2.38. The van der Waals surface area contributed by atoms with Gasteiger partial charge in [0.05, 0.1) is 11.3 Å². The van der Waals surface area contributed by atoms with Crippen LogP contribution in [0.5, 0.6) is 0 Å². The summed E-state index contributed by atoms with van der Waals surface area (Å²) in [6, 6.07) is 8.05. The number of rotatable bonds is 8. The molecule has 1 aliphatic rings. The van der Waals surface area contributed by atoms with E-state index in [2.05, 4.69) is 28.2 Å². The van der Waals surface area contributed by atoms with Crippen molar-refractivity contribution in [2.24, 2.45) is 5.73 Å². The number of benzene rings is 1. The van der Waals surface area contributed by atoms with Gasteiger partial charge in [-0.2, -0.15) is 0 Å². The van der Waals surface area contributed by atoms with Crippen molar-refractivity contribution in [3.05, 3.63) is 58.5 Å². The van der Waals surface area contributed by atoms with Crippen LogP contribution in [0.4, 0.5) is 5.00 Å². The molecule has 7 nitrogen and oxygen atoms in total. The van der Waals surface area contributed by atoms with Crippen molar-refractivity contribution in [3.63, 3.8) is 0 Å². The number of allylic oxidation sites excluding steroid dienone is 1. The number of carbonyl (C=O) groups excluding carboxylic acids is 2. The Morgan fingerprint density at radius 1 is 1.31 bits per heavy atom. The second-order valence-corrected chi connectivity index (χ2v) is 9.74. The van der Waals surface area contributed by atoms with Crippen LogP contribution in [0, 0.1) is 6.92 Å². The fourth-order valence-electron chi connectivity index (χ4n) is 3.89. The van der Waals surface area contributed by atoms with Crippen LogP contribution in [-0.2, 0) is 24.2 Å². The van der Waals surface area contributed by atoms with E-state index >= 15 is 0 Å². The third-order valence-corrected chi connectivity index (χ3v) is 7.48. The Kier molecular flexibility index (Phi) is 6.76. The number of nitrogens with one attached hydrogen (secondary N) is 1. The SMILES string of the molecule is C=CCn1c(SCC(=O)Nc2sc3c(c2C(N)=O)CCCC3)nnc1-c1cccc(C)c1. The predicted molar refractivity (Wildman–Crippen MR) is 129 cm³/mol. The topological polar surface area (TPSA) is 103 Å². The number of aromatic nitrogens is 3. The summed E-state index contributed by atoms with van der Waals surface area (Å²) in [4.78, 5) is 25.9. The van der Waals surface area contributed by atoms with E-state index in [4.69, 9.17) is 5.73 Å². The highest BCUT2D eigenvalue weighted by Gasteiger charge is 2.25. The highest BCUT2D eigenvalue weighted by atomic mass is 32.2. The van der Waals surface area contributed by atoms with E-state index in [0.717, 1.165) is 53.1 Å². The monoisotopic (exact) mass is 467 g/mol. The maximum Gasteiger partial charge on any atom is 0.251 e. The van der Waals surface area contributed by atoms with Crippen LogP contribution in [0.2, 0.25) is 0 Å². The molecule has 1 aromatic carbocycles. The lowest BCUT2D eigenvalue weighted by molar-refractivity contribution is -0.113. The lowest BCUT2D eigenvalue weighted by atomic mass is 9.95. The molecule has 0 saturated heterocycles. The summed E-state index contributed by atoms with van der Waals surface area (Å²) in [6.07, 6.45) is 5.67. The fourth-order valence-corrected chi connectivity index (χ4v) is 5.95. The van der Waals surface area contributed by atoms with E-state index < -0.39 is 5.91 Å². The van der Waals surface area contributed by atoms with Gasteiger partial charge in [0.15, 0.2) is 11.0 Å². The maximum absolute atomic E-state index is 12.7. The Morgan fingerprint density at radius 2 is 2.12 bits per heavy atom. The molecule has 0 bridgehead atoms. The van der Waals surface area contributed by atoms with Crippen LogP contribution in [-0.4, -0.2) is 32.3 Å². The molecule has 0 fully saturated rings. The Bertz CT molecular complexity index is 1180. The number of hydrogen-bond donors (Lipinski definition) is 2. The lowest BCUT2D eigenvalue weighted by Gasteiger charge is -2.11. The average Bonchev–Trinajstić information content (AvgIpc) is 3.33. The highest BCUT2D eigenvalue weighted by molar-refractivity contribution is 7.99. The number of aryl methyl sites for hydroxylation is 2. The van der Waals surface area contributed by atoms with Gasteiger partial charge in [0.1, 0.15) is 5.00 Å². The number of fused-ring (bicyclic) bond motifs is 1. The number of thioether (sulfide) groups is 1. The largest absolute Gasteiger partial charge is 0.365 e. The summed E-state index contributed by atoms with van der Waals surface area (Å²) < 4.78 is 1.94. The molecule has 9 heteroatoms. The van der Waals surface area contributed by atoms with Crippen LogP contribution in [0.15, 0.2) is 42.1 Å². The van der Waals surface area contributed by atoms with Gasteiger partial charge in [0.2, 0.25) is 5.91 Å². The van der Waals surface area contributed by atoms with E-state index in [1.54, 1.807) is 6.08 Å². The molecule has 3 N–H and O–H groups in total. The number of nitrogens with two attached hydrogens (primary N) is 1. The third-order valence-electron chi connectivity index (χ3n) is 5.31. The molecule has 0 radical (unpaired) electrons. The molecule has 2 amide bonds. The van der Waals surface area contributed by atoms with Gasteiger partial charge >= 0.3 is 0 Å². The van der Waals surface area contributed by atoms with Gasteiger partial charge in [0.25, 0.3) is 5.91 Å². The minimum atomic E-state index is -0.485. The number of anilines is 1. The molecule has 3 aromatic rings. The molecule has 32 heavy (non-hydrogen) atoms. The van der Waals surface area contributed by atoms with E-state index in [9.17, 15) is 9.59 Å². The molecule has 0 unspecified atom stereocenters. The van der Waals surface area contributed by atoms with Gasteiger partial charge < -0.3 is 11.1 Å². The molecule has 0 saturated carbocycles. The van der Waals surface area contributed by atoms with Crippen molar-refractivity contribution in [2.45, 2.75) is 44.3 Å². The van der Waals surface area contributed by atoms with Crippen LogP contribution < -0.4 is 11.1 Å². The third kappa shape index (κ3) is 4.63. The van der Waals surface area contributed by atoms with Crippen LogP contribution in [0.3, 0.4) is 0 Å². The second kappa shape index (κ2) is 9.70. The molecule has 1 aliphatic carbocycles. The second-order valence-electron chi connectivity index (χ2n) is 7.69. The minimum Gasteiger partial charge on any atom is -0.365 e. The van der Waals surface area contributed by atoms with Gasteiger partial charge in [-0.25, -0.2) is 0 Å². The van der Waals surface area contributed by atoms with E-state index in [0.29, 0.717) is 22.3 Å². The zero-order valence-electron chi connectivity index (χ0n) is 17.9. The summed E-state index contributed by atoms with van der Waals surface area (Å²) in [5, 5.41) is 12.7. The van der Waals surface area contributed by atoms with Crippen molar-refractivity contribution in [3.8, 4) is 11.4 Å². The summed E-state index contributed by atoms with van der Waals surface area (Å²) >= 11 is 2.77. The van der Waals surface area contributed by atoms with E-state index in [-0.39, 0.29) is 11.7 Å². The van der Waals surface area contributed by atoms with Gasteiger partial charge in [-0.3, -0.25) is 14.2 Å². The molecule has 0 aliphatic heterocycles. The summed E-state index contributed by atoms with van der Waals surface area (Å²) in [5.41, 5.74) is 9.20. The summed E-state index contributed by atoms with van der Waals surface area (Å²) in [6.45, 7) is 6.39. The van der Waals surface area contributed by atoms with Crippen LogP contribution in [0.1, 0.15) is 39.2 Å². The van der Waals surface area contributed by atoms with Gasteiger partial charge in [-0.1, -0.05) is 41.6 Å². The number of amides is 2. The molecule has 2 aromatic heterocycles. The van der Waals surface area contributed by atoms with E-state index in [1.165, 1.54) is 23.1 Å². The number of carbonyl (C=O) groups is 2. The minimum absolute atomic E-state index is 0.143. The molecule has 2 heterocycles. The Labute approximate surface area is 195 Å². The first-order chi connectivity index (χ1) is 15.5. The molecular weight excluding hydrogens is 442 g/mol. The Balaban J connectivity index is 1.50. The standard InChI is InChI=1S/C23H25N5O2S2/c1-3-11-28-21(15-8-6-7-14(2)12-15)26-27-23(28)31-13-18(29)25-22-19(20(24)30)16-9-4-5-10-17(16)32-22/h3,6-8,12H,1,4-5,9-11,13H2,2H3,(H2,24,30)(H,25,29). The van der Waals surface area contributed by atoms with Crippen LogP contribution >= 0.6 is 23.1 Å². The number of primary amides is 1. The number of thiophene rings is 1. The quantitative estimate of drug-likeness (QED) is 0.382. The van der Waals surface area contributed by atoms with Crippen molar-refractivity contribution in [2.75, 3.05) is 11.1 Å². The van der Waals surface area contributed by atoms with Crippen molar-refractivity contribution in [1.29, 1.82) is 0 Å². The summed E-state index contributed by atoms with van der Waals surface area (Å²) in [5.74, 6) is 0.185. The number of hydrogen-bond acceptors (Lipinski definition) is 6. The molecule has 4 rings (SSSR count). The zero-order valence-corrected chi connectivity index (χ0v) is 19.5. The molecule has 0 atom stereocenters. The van der Waals surface area contributed by atoms with Gasteiger partial charge in [-0.05, 0) is 44.2 Å². The van der Waals surface area contributed by atoms with Crippen molar-refractivity contribution >= 4 is 39.9 Å². The predicted octanol–water partition coefficient (Wildman–Crippen LogP) is 4.21.